The van der Waals surface area contributed by atoms with Crippen molar-refractivity contribution in [3.63, 3.8) is 0 Å². The maximum Gasteiger partial charge on any atom is 0.325 e. The van der Waals surface area contributed by atoms with Crippen LogP contribution in [0.2, 0.25) is 0 Å². The Hall–Kier alpha value is -2.87. The van der Waals surface area contributed by atoms with Crippen LogP contribution in [-0.2, 0) is 25.0 Å². The molecule has 156 valence electrons. The number of aryl methyl sites for hydroxylation is 1. The number of hydrogen-bond donors (Lipinski definition) is 2. The summed E-state index contributed by atoms with van der Waals surface area (Å²) in [6, 6.07) is 11.3. The molecule has 0 unspecified atom stereocenters. The van der Waals surface area contributed by atoms with Gasteiger partial charge >= 0.3 is 5.97 Å². The van der Waals surface area contributed by atoms with Crippen LogP contribution in [0, 0.1) is 6.92 Å². The molecule has 2 N–H and O–H groups in total. The second-order valence-corrected chi connectivity index (χ2v) is 9.32. The third kappa shape index (κ3) is 5.80. The van der Waals surface area contributed by atoms with Crippen molar-refractivity contribution in [2.45, 2.75) is 38.0 Å². The Morgan fingerprint density at radius 1 is 1.03 bits per heavy atom. The van der Waals surface area contributed by atoms with Crippen molar-refractivity contribution in [2.75, 3.05) is 18.4 Å². The van der Waals surface area contributed by atoms with Gasteiger partial charge in [-0.2, -0.15) is 0 Å². The monoisotopic (exact) mass is 418 g/mol. The highest BCUT2D eigenvalue weighted by molar-refractivity contribution is 7.92. The average Bonchev–Trinajstić information content (AvgIpc) is 2.65. The zero-order valence-corrected chi connectivity index (χ0v) is 18.0. The number of benzene rings is 2. The lowest BCUT2D eigenvalue weighted by molar-refractivity contribution is -0.139. The average molecular weight is 419 g/mol. The standard InChI is InChI=1S/C21H26N2O5S/c1-14-6-9-16(21(2,3)4)12-18(14)29(26,27)23-17-10-7-15(8-11-17)20(25)22-13-19(24)28-5/h6-12,23H,13H2,1-5H3,(H,22,25). The molecule has 0 aliphatic rings. The number of rotatable bonds is 6. The molecule has 2 aromatic rings. The summed E-state index contributed by atoms with van der Waals surface area (Å²) in [4.78, 5) is 23.3. The maximum absolute atomic E-state index is 12.9. The first kappa shape index (κ1) is 22.4. The lowest BCUT2D eigenvalue weighted by Gasteiger charge is -2.21. The van der Waals surface area contributed by atoms with Gasteiger partial charge < -0.3 is 10.1 Å². The molecule has 0 atom stereocenters. The van der Waals surface area contributed by atoms with E-state index in [1.807, 2.05) is 26.8 Å². The number of ether oxygens (including phenoxy) is 1. The van der Waals surface area contributed by atoms with E-state index in [2.05, 4.69) is 14.8 Å². The summed E-state index contributed by atoms with van der Waals surface area (Å²) in [6.45, 7) is 7.56. The fourth-order valence-electron chi connectivity index (χ4n) is 2.58. The Bertz CT molecular complexity index is 1010. The van der Waals surface area contributed by atoms with Gasteiger partial charge in [-0.1, -0.05) is 32.9 Å². The number of esters is 1. The zero-order chi connectivity index (χ0) is 21.8. The van der Waals surface area contributed by atoms with Crippen LogP contribution < -0.4 is 10.0 Å². The number of carbonyl (C=O) groups excluding carboxylic acids is 2. The summed E-state index contributed by atoms with van der Waals surface area (Å²) < 4.78 is 32.8. The third-order valence-corrected chi connectivity index (χ3v) is 5.89. The predicted molar refractivity (Wildman–Crippen MR) is 111 cm³/mol. The van der Waals surface area contributed by atoms with E-state index in [1.165, 1.54) is 31.4 Å². The smallest absolute Gasteiger partial charge is 0.325 e. The molecule has 0 bridgehead atoms. The minimum absolute atomic E-state index is 0.183. The molecule has 0 aliphatic heterocycles. The Balaban J connectivity index is 2.19. The Morgan fingerprint density at radius 3 is 2.21 bits per heavy atom. The second kappa shape index (κ2) is 8.65. The fourth-order valence-corrected chi connectivity index (χ4v) is 3.91. The molecule has 2 rings (SSSR count). The van der Waals surface area contributed by atoms with Gasteiger partial charge in [-0.15, -0.1) is 0 Å². The zero-order valence-electron chi connectivity index (χ0n) is 17.2. The molecule has 7 nitrogen and oxygen atoms in total. The van der Waals surface area contributed by atoms with Crippen LogP contribution in [0.15, 0.2) is 47.4 Å². The first-order chi connectivity index (χ1) is 13.4. The van der Waals surface area contributed by atoms with Crippen molar-refractivity contribution in [1.82, 2.24) is 5.32 Å². The maximum atomic E-state index is 12.9. The minimum Gasteiger partial charge on any atom is -0.468 e. The van der Waals surface area contributed by atoms with Gasteiger partial charge in [0, 0.05) is 11.3 Å². The molecule has 0 heterocycles. The van der Waals surface area contributed by atoms with E-state index in [4.69, 9.17) is 0 Å². The molecule has 0 saturated carbocycles. The van der Waals surface area contributed by atoms with Crippen LogP contribution in [0.1, 0.15) is 42.3 Å². The summed E-state index contributed by atoms with van der Waals surface area (Å²) in [7, 11) is -2.57. The number of hydrogen-bond acceptors (Lipinski definition) is 5. The second-order valence-electron chi connectivity index (χ2n) is 7.67. The lowest BCUT2D eigenvalue weighted by Crippen LogP contribution is -2.30. The van der Waals surface area contributed by atoms with Gasteiger partial charge in [0.15, 0.2) is 0 Å². The van der Waals surface area contributed by atoms with Gasteiger partial charge in [-0.25, -0.2) is 8.42 Å². The van der Waals surface area contributed by atoms with Crippen LogP contribution in [0.4, 0.5) is 5.69 Å². The van der Waals surface area contributed by atoms with Crippen LogP contribution in [0.25, 0.3) is 0 Å². The first-order valence-electron chi connectivity index (χ1n) is 9.03. The summed E-state index contributed by atoms with van der Waals surface area (Å²) in [5.41, 5.74) is 2.00. The number of anilines is 1. The SMILES string of the molecule is COC(=O)CNC(=O)c1ccc(NS(=O)(=O)c2cc(C(C)(C)C)ccc2C)cc1. The van der Waals surface area contributed by atoms with E-state index in [0.29, 0.717) is 16.8 Å². The van der Waals surface area contributed by atoms with Crippen LogP contribution in [-0.4, -0.2) is 33.9 Å². The van der Waals surface area contributed by atoms with Gasteiger partial charge in [-0.05, 0) is 53.8 Å². The molecule has 0 aromatic heterocycles. The molecule has 29 heavy (non-hydrogen) atoms. The molecule has 0 fully saturated rings. The van der Waals surface area contributed by atoms with Gasteiger partial charge in [0.2, 0.25) is 0 Å². The Morgan fingerprint density at radius 2 is 1.66 bits per heavy atom. The van der Waals surface area contributed by atoms with Crippen molar-refractivity contribution in [3.05, 3.63) is 59.2 Å². The number of nitrogens with one attached hydrogen (secondary N) is 2. The van der Waals surface area contributed by atoms with Gasteiger partial charge in [0.1, 0.15) is 6.54 Å². The Labute approximate surface area is 171 Å². The van der Waals surface area contributed by atoms with Crippen molar-refractivity contribution >= 4 is 27.6 Å². The van der Waals surface area contributed by atoms with E-state index < -0.39 is 21.9 Å². The largest absolute Gasteiger partial charge is 0.468 e. The molecule has 1 amide bonds. The van der Waals surface area contributed by atoms with Crippen molar-refractivity contribution in [1.29, 1.82) is 0 Å². The highest BCUT2D eigenvalue weighted by Gasteiger charge is 2.21. The molecular formula is C21H26N2O5S. The number of amides is 1. The lowest BCUT2D eigenvalue weighted by atomic mass is 9.87. The van der Waals surface area contributed by atoms with E-state index in [9.17, 15) is 18.0 Å². The highest BCUT2D eigenvalue weighted by atomic mass is 32.2. The number of sulfonamides is 1. The molecule has 2 aromatic carbocycles. The van der Waals surface area contributed by atoms with Crippen molar-refractivity contribution in [2.24, 2.45) is 0 Å². The van der Waals surface area contributed by atoms with E-state index >= 15 is 0 Å². The van der Waals surface area contributed by atoms with Crippen LogP contribution >= 0.6 is 0 Å². The minimum atomic E-state index is -3.80. The van der Waals surface area contributed by atoms with E-state index in [0.717, 1.165) is 5.56 Å². The number of carbonyl (C=O) groups is 2. The summed E-state index contributed by atoms with van der Waals surface area (Å²) in [5, 5.41) is 2.42. The van der Waals surface area contributed by atoms with Crippen molar-refractivity contribution < 1.29 is 22.7 Å². The van der Waals surface area contributed by atoms with E-state index in [-0.39, 0.29) is 16.9 Å². The summed E-state index contributed by atoms with van der Waals surface area (Å²) in [6.07, 6.45) is 0. The quantitative estimate of drug-likeness (QED) is 0.702. The van der Waals surface area contributed by atoms with Gasteiger partial charge in [0.25, 0.3) is 15.9 Å². The van der Waals surface area contributed by atoms with Crippen molar-refractivity contribution in [3.8, 4) is 0 Å². The molecule has 0 saturated heterocycles. The first-order valence-corrected chi connectivity index (χ1v) is 10.5. The summed E-state index contributed by atoms with van der Waals surface area (Å²) >= 11 is 0. The van der Waals surface area contributed by atoms with Crippen LogP contribution in [0.3, 0.4) is 0 Å². The molecule has 8 heteroatoms. The van der Waals surface area contributed by atoms with Crippen LogP contribution in [0.5, 0.6) is 0 Å². The normalized spacial score (nSPS) is 11.6. The Kier molecular flexibility index (Phi) is 6.69. The highest BCUT2D eigenvalue weighted by Crippen LogP contribution is 2.27. The molecular weight excluding hydrogens is 392 g/mol. The summed E-state index contributed by atoms with van der Waals surface area (Å²) in [5.74, 6) is -1.02. The topological polar surface area (TPSA) is 102 Å². The van der Waals surface area contributed by atoms with Gasteiger partial charge in [0.05, 0.1) is 12.0 Å². The molecule has 0 radical (unpaired) electrons. The number of methoxy groups -OCH3 is 1. The van der Waals surface area contributed by atoms with Gasteiger partial charge in [-0.3, -0.25) is 14.3 Å². The molecule has 0 spiro atoms. The predicted octanol–water partition coefficient (Wildman–Crippen LogP) is 3.00. The fraction of sp³-hybridized carbons (Fsp3) is 0.333. The third-order valence-electron chi connectivity index (χ3n) is 4.36. The van der Waals surface area contributed by atoms with E-state index in [1.54, 1.807) is 19.1 Å². The molecule has 0 aliphatic carbocycles.